The molecule has 1 atom stereocenters. The molecule has 0 heterocycles. The van der Waals surface area contributed by atoms with E-state index in [0.717, 1.165) is 16.5 Å². The number of likely N-dealkylation sites (N-methyl/N-ethyl adjacent to an activating group) is 1. The number of halogens is 1. The average molecular weight is 323 g/mol. The number of quaternary nitrogens is 1. The van der Waals surface area contributed by atoms with Gasteiger partial charge < -0.3 is 14.3 Å². The zero-order valence-corrected chi connectivity index (χ0v) is 14.5. The van der Waals surface area contributed by atoms with Crippen molar-refractivity contribution in [3.63, 3.8) is 0 Å². The second-order valence-electron chi connectivity index (χ2n) is 6.71. The Morgan fingerprint density at radius 1 is 1.14 bits per heavy atom. The minimum Gasteiger partial charge on any atom is -0.488 e. The van der Waals surface area contributed by atoms with Crippen molar-refractivity contribution in [1.82, 2.24) is 0 Å². The molecule has 0 saturated heterocycles. The highest BCUT2D eigenvalue weighted by Crippen LogP contribution is 2.27. The van der Waals surface area contributed by atoms with Crippen LogP contribution in [0.5, 0.6) is 5.75 Å². The van der Waals surface area contributed by atoms with Gasteiger partial charge in [0.2, 0.25) is 5.06 Å². The van der Waals surface area contributed by atoms with E-state index in [1.54, 1.807) is 0 Å². The largest absolute Gasteiger partial charge is 0.488 e. The summed E-state index contributed by atoms with van der Waals surface area (Å²) >= 11 is 6.28. The molecule has 0 aliphatic heterocycles. The fourth-order valence-corrected chi connectivity index (χ4v) is 2.73. The van der Waals surface area contributed by atoms with E-state index in [9.17, 15) is 5.11 Å². The Morgan fingerprint density at radius 3 is 2.45 bits per heavy atom. The third-order valence-corrected chi connectivity index (χ3v) is 4.47. The quantitative estimate of drug-likeness (QED) is 0.650. The number of hydrogen-bond donors (Lipinski definition) is 1. The lowest BCUT2D eigenvalue weighted by Crippen LogP contribution is -2.55. The molecule has 0 saturated carbocycles. The molecule has 0 radical (unpaired) electrons. The van der Waals surface area contributed by atoms with Crippen LogP contribution in [0.4, 0.5) is 0 Å². The van der Waals surface area contributed by atoms with Gasteiger partial charge in [0.1, 0.15) is 18.9 Å². The van der Waals surface area contributed by atoms with Crippen molar-refractivity contribution < 1.29 is 14.3 Å². The van der Waals surface area contributed by atoms with E-state index in [1.165, 1.54) is 0 Å². The van der Waals surface area contributed by atoms with E-state index in [1.807, 2.05) is 42.5 Å². The van der Waals surface area contributed by atoms with Crippen molar-refractivity contribution in [2.45, 2.75) is 24.9 Å². The molecule has 0 aliphatic carbocycles. The molecule has 1 N–H and O–H groups in total. The molecular formula is C18H25ClNO2+. The summed E-state index contributed by atoms with van der Waals surface area (Å²) in [5, 5.41) is 11.2. The van der Waals surface area contributed by atoms with Gasteiger partial charge in [-0.3, -0.25) is 0 Å². The molecule has 0 spiro atoms. The molecule has 1 unspecified atom stereocenters. The first-order valence-corrected chi connectivity index (χ1v) is 7.94. The number of aliphatic hydroxyl groups is 1. The lowest BCUT2D eigenvalue weighted by molar-refractivity contribution is -0.915. The second kappa shape index (κ2) is 6.45. The first-order valence-electron chi connectivity index (χ1n) is 7.56. The molecule has 0 fully saturated rings. The number of alkyl halides is 1. The molecule has 2 aromatic rings. The van der Waals surface area contributed by atoms with Gasteiger partial charge in [-0.05, 0) is 25.3 Å². The molecule has 3 nitrogen and oxygen atoms in total. The molecule has 0 aromatic heterocycles. The highest BCUT2D eigenvalue weighted by molar-refractivity contribution is 6.23. The highest BCUT2D eigenvalue weighted by Gasteiger charge is 2.35. The van der Waals surface area contributed by atoms with E-state index in [0.29, 0.717) is 17.1 Å². The summed E-state index contributed by atoms with van der Waals surface area (Å²) in [6, 6.07) is 14.3. The third kappa shape index (κ3) is 4.13. The zero-order valence-electron chi connectivity index (χ0n) is 13.7. The van der Waals surface area contributed by atoms with E-state index in [-0.39, 0.29) is 6.61 Å². The van der Waals surface area contributed by atoms with Gasteiger partial charge in [0.15, 0.2) is 0 Å². The molecule has 22 heavy (non-hydrogen) atoms. The predicted octanol–water partition coefficient (Wildman–Crippen LogP) is 3.63. The van der Waals surface area contributed by atoms with Crippen LogP contribution < -0.4 is 4.74 Å². The van der Waals surface area contributed by atoms with Gasteiger partial charge in [-0.1, -0.05) is 48.0 Å². The van der Waals surface area contributed by atoms with Crippen molar-refractivity contribution in [1.29, 1.82) is 0 Å². The minimum atomic E-state index is -1.40. The smallest absolute Gasteiger partial charge is 0.222 e. The van der Waals surface area contributed by atoms with Gasteiger partial charge in [-0.25, -0.2) is 0 Å². The summed E-state index contributed by atoms with van der Waals surface area (Å²) in [7, 11) is 4.10. The topological polar surface area (TPSA) is 29.5 Å². The molecule has 0 aliphatic rings. The Balaban J connectivity index is 2.11. The van der Waals surface area contributed by atoms with Gasteiger partial charge in [-0.2, -0.15) is 0 Å². The van der Waals surface area contributed by atoms with Crippen LogP contribution in [0.15, 0.2) is 42.5 Å². The lowest BCUT2D eigenvalue weighted by atomic mass is 10.1. The van der Waals surface area contributed by atoms with Crippen molar-refractivity contribution in [3.05, 3.63) is 42.5 Å². The summed E-state index contributed by atoms with van der Waals surface area (Å²) < 4.78 is 6.44. The van der Waals surface area contributed by atoms with Gasteiger partial charge in [0.25, 0.3) is 0 Å². The van der Waals surface area contributed by atoms with Crippen LogP contribution in [0, 0.1) is 0 Å². The van der Waals surface area contributed by atoms with Crippen LogP contribution in [-0.4, -0.2) is 47.9 Å². The van der Waals surface area contributed by atoms with Crippen molar-refractivity contribution in [3.8, 4) is 5.75 Å². The first kappa shape index (κ1) is 17.1. The number of rotatable bonds is 6. The normalized spacial score (nSPS) is 15.0. The van der Waals surface area contributed by atoms with Crippen LogP contribution >= 0.6 is 11.6 Å². The Hall–Kier alpha value is -1.29. The van der Waals surface area contributed by atoms with Crippen molar-refractivity contribution in [2.24, 2.45) is 0 Å². The summed E-state index contributed by atoms with van der Waals surface area (Å²) in [6.07, 6.45) is 0. The van der Waals surface area contributed by atoms with Crippen molar-refractivity contribution >= 4 is 22.4 Å². The van der Waals surface area contributed by atoms with Crippen LogP contribution in [-0.2, 0) is 0 Å². The summed E-state index contributed by atoms with van der Waals surface area (Å²) in [5.74, 6) is 0.743. The molecular weight excluding hydrogens is 298 g/mol. The summed E-state index contributed by atoms with van der Waals surface area (Å²) in [6.45, 7) is 4.69. The molecule has 2 aromatic carbocycles. The predicted molar refractivity (Wildman–Crippen MR) is 92.4 cm³/mol. The number of ether oxygens (including phenoxy) is 1. The summed E-state index contributed by atoms with van der Waals surface area (Å²) in [4.78, 5) is 0. The number of benzene rings is 2. The number of fused-ring (bicyclic) bond motifs is 1. The Bertz CT molecular complexity index is 633. The number of hydrogen-bond acceptors (Lipinski definition) is 2. The minimum absolute atomic E-state index is 0.0525. The Kier molecular flexibility index (Phi) is 5.00. The standard InChI is InChI=1S/C18H25ClNO2/c1-14(2)20(3,4)12-18(19,21)13-22-17-11-7-9-15-8-5-6-10-16(15)17/h5-11,14,21H,12-13H2,1-4H3/q+1. The molecule has 0 amide bonds. The van der Waals surface area contributed by atoms with E-state index in [4.69, 9.17) is 16.3 Å². The SMILES string of the molecule is CC(C)[N+](C)(C)CC(O)(Cl)COc1cccc2ccccc12. The van der Waals surface area contributed by atoms with Gasteiger partial charge >= 0.3 is 0 Å². The van der Waals surface area contributed by atoms with Gasteiger partial charge in [-0.15, -0.1) is 0 Å². The Labute approximate surface area is 137 Å². The molecule has 2 rings (SSSR count). The third-order valence-electron chi connectivity index (χ3n) is 4.25. The van der Waals surface area contributed by atoms with E-state index >= 15 is 0 Å². The maximum absolute atomic E-state index is 10.5. The van der Waals surface area contributed by atoms with Gasteiger partial charge in [0.05, 0.1) is 20.1 Å². The molecule has 120 valence electrons. The van der Waals surface area contributed by atoms with Crippen molar-refractivity contribution in [2.75, 3.05) is 27.2 Å². The van der Waals surface area contributed by atoms with Crippen LogP contribution in [0.3, 0.4) is 0 Å². The van der Waals surface area contributed by atoms with Crippen LogP contribution in [0.1, 0.15) is 13.8 Å². The first-order chi connectivity index (χ1) is 10.2. The monoisotopic (exact) mass is 322 g/mol. The zero-order chi connectivity index (χ0) is 16.4. The van der Waals surface area contributed by atoms with E-state index in [2.05, 4.69) is 27.9 Å². The summed E-state index contributed by atoms with van der Waals surface area (Å²) in [5.41, 5.74) is 0. The molecule has 0 bridgehead atoms. The lowest BCUT2D eigenvalue weighted by Gasteiger charge is -2.38. The Morgan fingerprint density at radius 2 is 1.77 bits per heavy atom. The van der Waals surface area contributed by atoms with Crippen LogP contribution in [0.2, 0.25) is 0 Å². The second-order valence-corrected chi connectivity index (χ2v) is 7.42. The maximum atomic E-state index is 10.5. The maximum Gasteiger partial charge on any atom is 0.222 e. The fraction of sp³-hybridized carbons (Fsp3) is 0.444. The molecule has 4 heteroatoms. The average Bonchev–Trinajstić information content (AvgIpc) is 2.44. The van der Waals surface area contributed by atoms with Gasteiger partial charge in [0, 0.05) is 5.39 Å². The highest BCUT2D eigenvalue weighted by atomic mass is 35.5. The number of nitrogens with zero attached hydrogens (tertiary/aromatic N) is 1. The van der Waals surface area contributed by atoms with E-state index < -0.39 is 5.06 Å². The fourth-order valence-electron chi connectivity index (χ4n) is 2.36. The van der Waals surface area contributed by atoms with Crippen LogP contribution in [0.25, 0.3) is 10.8 Å².